The van der Waals surface area contributed by atoms with Crippen molar-refractivity contribution in [2.24, 2.45) is 0 Å². The molecule has 0 radical (unpaired) electrons. The van der Waals surface area contributed by atoms with Gasteiger partial charge >= 0.3 is 5.97 Å². The molecule has 0 bridgehead atoms. The number of aliphatic carboxylic acids is 1. The topological polar surface area (TPSA) is 63.6 Å². The van der Waals surface area contributed by atoms with Crippen LogP contribution in [0.5, 0.6) is 5.75 Å². The number of ketones is 1. The van der Waals surface area contributed by atoms with Crippen molar-refractivity contribution in [2.75, 3.05) is 7.11 Å². The minimum Gasteiger partial charge on any atom is -0.496 e. The van der Waals surface area contributed by atoms with Gasteiger partial charge in [-0.05, 0) is 6.07 Å². The zero-order valence-corrected chi connectivity index (χ0v) is 8.90. The Kier molecular flexibility index (Phi) is 2.64. The van der Waals surface area contributed by atoms with Gasteiger partial charge in [0.15, 0.2) is 5.78 Å². The number of hydrogen-bond acceptors (Lipinski definition) is 3. The molecule has 84 valence electrons. The molecule has 0 amide bonds. The number of carbonyl (C=O) groups is 2. The fourth-order valence-corrected chi connectivity index (χ4v) is 2.21. The molecule has 16 heavy (non-hydrogen) atoms. The molecule has 1 N–H and O–H groups in total. The van der Waals surface area contributed by atoms with Crippen LogP contribution in [-0.4, -0.2) is 24.0 Å². The predicted molar refractivity (Wildman–Crippen MR) is 56.9 cm³/mol. The van der Waals surface area contributed by atoms with E-state index in [0.29, 0.717) is 11.3 Å². The van der Waals surface area contributed by atoms with E-state index in [1.807, 2.05) is 0 Å². The molecule has 1 aromatic carbocycles. The molecule has 0 saturated heterocycles. The van der Waals surface area contributed by atoms with Crippen molar-refractivity contribution < 1.29 is 19.4 Å². The standard InChI is InChI=1S/C12H12O4/c1-16-10-4-2-3-8-9(13)5-7(12(8)10)6-11(14)15/h2-4,7H,5-6H2,1H3,(H,14,15). The number of rotatable bonds is 3. The molecule has 4 heteroatoms. The molecule has 0 saturated carbocycles. The largest absolute Gasteiger partial charge is 0.496 e. The molecule has 0 spiro atoms. The van der Waals surface area contributed by atoms with Crippen LogP contribution in [0, 0.1) is 0 Å². The lowest BCUT2D eigenvalue weighted by molar-refractivity contribution is -0.137. The number of benzene rings is 1. The summed E-state index contributed by atoms with van der Waals surface area (Å²) in [5.74, 6) is -0.539. The lowest BCUT2D eigenvalue weighted by atomic mass is 9.97. The zero-order chi connectivity index (χ0) is 11.7. The van der Waals surface area contributed by atoms with E-state index in [1.54, 1.807) is 18.2 Å². The van der Waals surface area contributed by atoms with Crippen molar-refractivity contribution in [1.29, 1.82) is 0 Å². The van der Waals surface area contributed by atoms with Gasteiger partial charge in [-0.25, -0.2) is 0 Å². The monoisotopic (exact) mass is 220 g/mol. The number of Topliss-reactive ketones (excluding diaryl/α,β-unsaturated/α-hetero) is 1. The van der Waals surface area contributed by atoms with Crippen molar-refractivity contribution in [3.05, 3.63) is 29.3 Å². The molecule has 1 aromatic rings. The minimum atomic E-state index is -0.892. The smallest absolute Gasteiger partial charge is 0.303 e. The van der Waals surface area contributed by atoms with Crippen LogP contribution in [-0.2, 0) is 4.79 Å². The highest BCUT2D eigenvalue weighted by atomic mass is 16.5. The van der Waals surface area contributed by atoms with Crippen molar-refractivity contribution in [3.63, 3.8) is 0 Å². The van der Waals surface area contributed by atoms with Gasteiger partial charge in [0.05, 0.1) is 13.5 Å². The Hall–Kier alpha value is -1.84. The van der Waals surface area contributed by atoms with Crippen molar-refractivity contribution in [1.82, 2.24) is 0 Å². The van der Waals surface area contributed by atoms with Crippen LogP contribution < -0.4 is 4.74 Å². The number of hydrogen-bond donors (Lipinski definition) is 1. The fraction of sp³-hybridized carbons (Fsp3) is 0.333. The molecule has 4 nitrogen and oxygen atoms in total. The van der Waals surface area contributed by atoms with Crippen LogP contribution in [0.1, 0.15) is 34.7 Å². The van der Waals surface area contributed by atoms with Crippen LogP contribution in [0.3, 0.4) is 0 Å². The first-order chi connectivity index (χ1) is 7.63. The molecule has 1 aliphatic carbocycles. The Labute approximate surface area is 92.8 Å². The number of fused-ring (bicyclic) bond motifs is 1. The summed E-state index contributed by atoms with van der Waals surface area (Å²) < 4.78 is 5.17. The number of carboxylic acids is 1. The maximum Gasteiger partial charge on any atom is 0.303 e. The summed E-state index contributed by atoms with van der Waals surface area (Å²) in [6, 6.07) is 5.23. The molecule has 0 aliphatic heterocycles. The van der Waals surface area contributed by atoms with Crippen LogP contribution in [0.2, 0.25) is 0 Å². The third-order valence-corrected chi connectivity index (χ3v) is 2.85. The molecule has 0 fully saturated rings. The summed E-state index contributed by atoms with van der Waals surface area (Å²) in [7, 11) is 1.52. The Morgan fingerprint density at radius 1 is 1.56 bits per heavy atom. The number of methoxy groups -OCH3 is 1. The SMILES string of the molecule is COc1cccc2c1C(CC(=O)O)CC2=O. The summed E-state index contributed by atoms with van der Waals surface area (Å²) in [5, 5.41) is 8.80. The first-order valence-corrected chi connectivity index (χ1v) is 5.05. The third kappa shape index (κ3) is 1.66. The zero-order valence-electron chi connectivity index (χ0n) is 8.90. The lowest BCUT2D eigenvalue weighted by Crippen LogP contribution is -2.04. The molecule has 2 rings (SSSR count). The van der Waals surface area contributed by atoms with Gasteiger partial charge < -0.3 is 9.84 Å². The summed E-state index contributed by atoms with van der Waals surface area (Å²) in [6.07, 6.45) is 0.237. The number of carboxylic acid groups (broad SMARTS) is 1. The van der Waals surface area contributed by atoms with Gasteiger partial charge in [-0.2, -0.15) is 0 Å². The molecule has 0 aromatic heterocycles. The van der Waals surface area contributed by atoms with E-state index in [0.717, 1.165) is 5.56 Å². The van der Waals surface area contributed by atoms with Gasteiger partial charge in [-0.15, -0.1) is 0 Å². The van der Waals surface area contributed by atoms with Gasteiger partial charge in [0.1, 0.15) is 5.75 Å². The fourth-order valence-electron chi connectivity index (χ4n) is 2.21. The first kappa shape index (κ1) is 10.7. The van der Waals surface area contributed by atoms with E-state index in [1.165, 1.54) is 7.11 Å². The van der Waals surface area contributed by atoms with E-state index in [4.69, 9.17) is 9.84 Å². The second-order valence-electron chi connectivity index (χ2n) is 3.84. The molecule has 1 unspecified atom stereocenters. The van der Waals surface area contributed by atoms with Crippen molar-refractivity contribution >= 4 is 11.8 Å². The second kappa shape index (κ2) is 3.96. The highest BCUT2D eigenvalue weighted by molar-refractivity contribution is 6.02. The summed E-state index contributed by atoms with van der Waals surface area (Å²) in [4.78, 5) is 22.4. The second-order valence-corrected chi connectivity index (χ2v) is 3.84. The Balaban J connectivity index is 2.45. The Morgan fingerprint density at radius 2 is 2.31 bits per heavy atom. The van der Waals surface area contributed by atoms with Crippen LogP contribution in [0.4, 0.5) is 0 Å². The first-order valence-electron chi connectivity index (χ1n) is 5.05. The summed E-state index contributed by atoms with van der Waals surface area (Å²) in [6.45, 7) is 0. The number of carbonyl (C=O) groups excluding carboxylic acids is 1. The lowest BCUT2D eigenvalue weighted by Gasteiger charge is -2.11. The summed E-state index contributed by atoms with van der Waals surface area (Å²) >= 11 is 0. The van der Waals surface area contributed by atoms with Crippen LogP contribution in [0.25, 0.3) is 0 Å². The normalized spacial score (nSPS) is 18.3. The van der Waals surface area contributed by atoms with Gasteiger partial charge in [0.2, 0.25) is 0 Å². The maximum absolute atomic E-state index is 11.7. The summed E-state index contributed by atoms with van der Waals surface area (Å²) in [5.41, 5.74) is 1.35. The van der Waals surface area contributed by atoms with E-state index < -0.39 is 5.97 Å². The van der Waals surface area contributed by atoms with Gasteiger partial charge in [0.25, 0.3) is 0 Å². The van der Waals surface area contributed by atoms with E-state index in [-0.39, 0.29) is 24.5 Å². The highest BCUT2D eigenvalue weighted by Gasteiger charge is 2.33. The molecular formula is C12H12O4. The minimum absolute atomic E-state index is 0.000139. The van der Waals surface area contributed by atoms with Crippen molar-refractivity contribution in [2.45, 2.75) is 18.8 Å². The highest BCUT2D eigenvalue weighted by Crippen LogP contribution is 2.41. The van der Waals surface area contributed by atoms with E-state index >= 15 is 0 Å². The average molecular weight is 220 g/mol. The third-order valence-electron chi connectivity index (χ3n) is 2.85. The molecule has 0 heterocycles. The molecular weight excluding hydrogens is 208 g/mol. The number of ether oxygens (including phenoxy) is 1. The maximum atomic E-state index is 11.7. The predicted octanol–water partition coefficient (Wildman–Crippen LogP) is 1.84. The van der Waals surface area contributed by atoms with Crippen LogP contribution in [0.15, 0.2) is 18.2 Å². The molecule has 1 aliphatic rings. The Morgan fingerprint density at radius 3 is 2.94 bits per heavy atom. The quantitative estimate of drug-likeness (QED) is 0.844. The van der Waals surface area contributed by atoms with Gasteiger partial charge in [-0.3, -0.25) is 9.59 Å². The Bertz CT molecular complexity index is 448. The van der Waals surface area contributed by atoms with Crippen molar-refractivity contribution in [3.8, 4) is 5.75 Å². The van der Waals surface area contributed by atoms with Crippen LogP contribution >= 0.6 is 0 Å². The van der Waals surface area contributed by atoms with E-state index in [2.05, 4.69) is 0 Å². The van der Waals surface area contributed by atoms with Gasteiger partial charge in [-0.1, -0.05) is 12.1 Å². The van der Waals surface area contributed by atoms with Gasteiger partial charge in [0, 0.05) is 23.5 Å². The van der Waals surface area contributed by atoms with E-state index in [9.17, 15) is 9.59 Å². The average Bonchev–Trinajstić information content (AvgIpc) is 2.55. The molecule has 1 atom stereocenters.